The van der Waals surface area contributed by atoms with Gasteiger partial charge >= 0.3 is 0 Å². The van der Waals surface area contributed by atoms with Gasteiger partial charge in [0.1, 0.15) is 0 Å². The predicted octanol–water partition coefficient (Wildman–Crippen LogP) is 9.92. The molecular formula is C36H74O4. The highest BCUT2D eigenvalue weighted by Gasteiger charge is 2.43. The average molecular weight is 571 g/mol. The fourth-order valence-electron chi connectivity index (χ4n) is 6.61. The molecule has 0 aliphatic rings. The zero-order chi connectivity index (χ0) is 30.8. The van der Waals surface area contributed by atoms with Crippen molar-refractivity contribution in [1.82, 2.24) is 0 Å². The van der Waals surface area contributed by atoms with E-state index in [0.29, 0.717) is 11.8 Å². The van der Waals surface area contributed by atoms with Gasteiger partial charge < -0.3 is 20.1 Å². The topological polar surface area (TPSA) is 69.9 Å². The highest BCUT2D eigenvalue weighted by Crippen LogP contribution is 2.39. The van der Waals surface area contributed by atoms with Gasteiger partial charge in [-0.15, -0.1) is 0 Å². The van der Waals surface area contributed by atoms with Crippen LogP contribution in [0.3, 0.4) is 0 Å². The van der Waals surface area contributed by atoms with Crippen LogP contribution in [0.4, 0.5) is 0 Å². The summed E-state index contributed by atoms with van der Waals surface area (Å²) in [7, 11) is 0. The van der Waals surface area contributed by atoms with Gasteiger partial charge in [0, 0.05) is 10.8 Å². The van der Waals surface area contributed by atoms with Gasteiger partial charge in [0.05, 0.1) is 18.8 Å². The first kappa shape index (κ1) is 39.8. The molecule has 0 aromatic heterocycles. The first-order valence-corrected chi connectivity index (χ1v) is 17.5. The largest absolute Gasteiger partial charge is 0.392 e. The van der Waals surface area contributed by atoms with Crippen LogP contribution in [0.2, 0.25) is 0 Å². The molecule has 4 heteroatoms. The second-order valence-corrected chi connectivity index (χ2v) is 14.6. The van der Waals surface area contributed by atoms with Gasteiger partial charge in [-0.3, -0.25) is 0 Å². The summed E-state index contributed by atoms with van der Waals surface area (Å²) in [6.07, 6.45) is 17.0. The van der Waals surface area contributed by atoms with Crippen LogP contribution < -0.4 is 0 Å². The van der Waals surface area contributed by atoms with Crippen LogP contribution in [0.15, 0.2) is 0 Å². The van der Waals surface area contributed by atoms with E-state index in [0.717, 1.165) is 12.8 Å². The minimum Gasteiger partial charge on any atom is -0.392 e. The van der Waals surface area contributed by atoms with Gasteiger partial charge in [-0.05, 0) is 23.7 Å². The molecule has 40 heavy (non-hydrogen) atoms. The van der Waals surface area contributed by atoms with Crippen LogP contribution in [0.25, 0.3) is 0 Å². The molecule has 5 unspecified atom stereocenters. The molecule has 0 rings (SSSR count). The summed E-state index contributed by atoms with van der Waals surface area (Å²) in [5, 5.41) is 34.2. The summed E-state index contributed by atoms with van der Waals surface area (Å²) in [6, 6.07) is 0. The lowest BCUT2D eigenvalue weighted by Crippen LogP contribution is -2.49. The minimum atomic E-state index is -1.09. The normalized spacial score (nSPS) is 16.9. The summed E-state index contributed by atoms with van der Waals surface area (Å²) in [6.45, 7) is 21.6. The van der Waals surface area contributed by atoms with Crippen molar-refractivity contribution in [3.05, 3.63) is 0 Å². The average Bonchev–Trinajstić information content (AvgIpc) is 2.92. The minimum absolute atomic E-state index is 0.0904. The van der Waals surface area contributed by atoms with Gasteiger partial charge in [0.25, 0.3) is 0 Å². The molecule has 0 amide bonds. The monoisotopic (exact) mass is 571 g/mol. The van der Waals surface area contributed by atoms with Crippen LogP contribution >= 0.6 is 0 Å². The Bertz CT molecular complexity index is 569. The van der Waals surface area contributed by atoms with Crippen LogP contribution in [-0.4, -0.2) is 40.4 Å². The summed E-state index contributed by atoms with van der Waals surface area (Å²) in [5.41, 5.74) is -1.30. The maximum atomic E-state index is 11.5. The summed E-state index contributed by atoms with van der Waals surface area (Å²) >= 11 is 0. The first-order chi connectivity index (χ1) is 18.8. The van der Waals surface area contributed by atoms with Crippen molar-refractivity contribution in [3.63, 3.8) is 0 Å². The zero-order valence-electron chi connectivity index (χ0n) is 28.8. The van der Waals surface area contributed by atoms with Crippen molar-refractivity contribution < 1.29 is 20.1 Å². The smallest absolute Gasteiger partial charge is 0.162 e. The number of ether oxygens (including phenoxy) is 1. The highest BCUT2D eigenvalue weighted by atomic mass is 16.6. The molecule has 3 N–H and O–H groups in total. The van der Waals surface area contributed by atoms with Crippen molar-refractivity contribution in [1.29, 1.82) is 0 Å². The molecule has 0 heterocycles. The van der Waals surface area contributed by atoms with Crippen molar-refractivity contribution >= 4 is 0 Å². The first-order valence-electron chi connectivity index (χ1n) is 17.5. The Hall–Kier alpha value is -0.160. The van der Waals surface area contributed by atoms with Crippen molar-refractivity contribution in [2.24, 2.45) is 34.5 Å². The van der Waals surface area contributed by atoms with E-state index < -0.39 is 29.3 Å². The zero-order valence-corrected chi connectivity index (χ0v) is 28.8. The molecule has 0 aliphatic heterocycles. The molecule has 0 saturated carbocycles. The van der Waals surface area contributed by atoms with Crippen molar-refractivity contribution in [2.75, 3.05) is 6.61 Å². The van der Waals surface area contributed by atoms with E-state index in [2.05, 4.69) is 55.4 Å². The fraction of sp³-hybridized carbons (Fsp3) is 1.00. The van der Waals surface area contributed by atoms with E-state index in [1.54, 1.807) is 0 Å². The molecule has 0 fully saturated rings. The van der Waals surface area contributed by atoms with Gasteiger partial charge in [-0.2, -0.15) is 0 Å². The number of aliphatic hydroxyl groups excluding tert-OH is 3. The molecule has 0 saturated heterocycles. The van der Waals surface area contributed by atoms with Gasteiger partial charge in [0.15, 0.2) is 6.29 Å². The SMILES string of the molecule is CCCCCC(CCCCC)C(C)C(O)C(C)(C)COC(O)C(C)(C)C(O)C(C)C(CCCCC)CCCCC. The molecule has 0 radical (unpaired) electrons. The molecule has 0 aliphatic carbocycles. The van der Waals surface area contributed by atoms with Crippen molar-refractivity contribution in [3.8, 4) is 0 Å². The summed E-state index contributed by atoms with van der Waals surface area (Å²) in [5.74, 6) is 1.23. The Kier molecular flexibility index (Phi) is 21.4. The van der Waals surface area contributed by atoms with E-state index in [9.17, 15) is 15.3 Å². The van der Waals surface area contributed by atoms with E-state index >= 15 is 0 Å². The van der Waals surface area contributed by atoms with Gasteiger partial charge in [0.2, 0.25) is 0 Å². The number of aliphatic hydroxyl groups is 3. The molecule has 4 nitrogen and oxygen atoms in total. The summed E-state index contributed by atoms with van der Waals surface area (Å²) in [4.78, 5) is 0. The Balaban J connectivity index is 5.32. The third kappa shape index (κ3) is 14.3. The van der Waals surface area contributed by atoms with E-state index in [-0.39, 0.29) is 18.4 Å². The third-order valence-electron chi connectivity index (χ3n) is 10.0. The van der Waals surface area contributed by atoms with Crippen molar-refractivity contribution in [2.45, 2.75) is 190 Å². The van der Waals surface area contributed by atoms with Crippen LogP contribution in [0.5, 0.6) is 0 Å². The molecule has 0 aromatic rings. The van der Waals surface area contributed by atoms with Crippen LogP contribution in [0.1, 0.15) is 172 Å². The summed E-state index contributed by atoms with van der Waals surface area (Å²) < 4.78 is 6.10. The lowest BCUT2D eigenvalue weighted by molar-refractivity contribution is -0.223. The van der Waals surface area contributed by atoms with Crippen LogP contribution in [-0.2, 0) is 4.74 Å². The lowest BCUT2D eigenvalue weighted by Gasteiger charge is -2.43. The van der Waals surface area contributed by atoms with Crippen LogP contribution in [0, 0.1) is 34.5 Å². The molecular weight excluding hydrogens is 496 g/mol. The number of hydrogen-bond acceptors (Lipinski definition) is 4. The lowest BCUT2D eigenvalue weighted by atomic mass is 9.72. The van der Waals surface area contributed by atoms with E-state index in [1.807, 2.05) is 13.8 Å². The Morgan fingerprint density at radius 2 is 0.850 bits per heavy atom. The number of unbranched alkanes of at least 4 members (excludes halogenated alkanes) is 8. The maximum Gasteiger partial charge on any atom is 0.162 e. The molecule has 0 bridgehead atoms. The quantitative estimate of drug-likeness (QED) is 0.0715. The van der Waals surface area contributed by atoms with E-state index in [4.69, 9.17) is 4.74 Å². The fourth-order valence-corrected chi connectivity index (χ4v) is 6.61. The standard InChI is InChI=1S/C36H74O4/c1-11-15-19-23-30(24-20-16-12-2)28(5)32(37)35(7,8)27-40-34(39)36(9,10)33(38)29(6)31(25-21-17-13-3)26-22-18-14-4/h28-34,37-39H,11-27H2,1-10H3. The second-order valence-electron chi connectivity index (χ2n) is 14.6. The Morgan fingerprint density at radius 3 is 1.18 bits per heavy atom. The Labute approximate surface area is 251 Å². The molecule has 5 atom stereocenters. The molecule has 0 spiro atoms. The maximum absolute atomic E-state index is 11.5. The Morgan fingerprint density at radius 1 is 0.525 bits per heavy atom. The second kappa shape index (κ2) is 21.5. The third-order valence-corrected chi connectivity index (χ3v) is 10.0. The predicted molar refractivity (Wildman–Crippen MR) is 173 cm³/mol. The van der Waals surface area contributed by atoms with Gasteiger partial charge in [-0.25, -0.2) is 0 Å². The number of hydrogen-bond donors (Lipinski definition) is 3. The van der Waals surface area contributed by atoms with Gasteiger partial charge in [-0.1, -0.05) is 172 Å². The van der Waals surface area contributed by atoms with E-state index in [1.165, 1.54) is 89.9 Å². The number of rotatable bonds is 26. The highest BCUT2D eigenvalue weighted by molar-refractivity contribution is 4.89. The molecule has 242 valence electrons. The molecule has 0 aromatic carbocycles.